The molecule has 72 valence electrons. The van der Waals surface area contributed by atoms with E-state index in [-0.39, 0.29) is 12.1 Å². The molecule has 0 bridgehead atoms. The van der Waals surface area contributed by atoms with Crippen LogP contribution in [-0.2, 0) is 11.8 Å². The Morgan fingerprint density at radius 1 is 1.69 bits per heavy atom. The maximum atomic E-state index is 11.5. The Bertz CT molecular complexity index is 291. The van der Waals surface area contributed by atoms with Gasteiger partial charge in [-0.1, -0.05) is 6.92 Å². The molecule has 1 aromatic rings. The van der Waals surface area contributed by atoms with Gasteiger partial charge in [-0.25, -0.2) is 4.79 Å². The van der Waals surface area contributed by atoms with Crippen molar-refractivity contribution in [1.29, 1.82) is 0 Å². The highest BCUT2D eigenvalue weighted by Gasteiger charge is 2.12. The summed E-state index contributed by atoms with van der Waals surface area (Å²) in [5.74, 6) is -0.248. The molecule has 0 aliphatic heterocycles. The Hall–Kier alpha value is -1.25. The zero-order chi connectivity index (χ0) is 9.84. The van der Waals surface area contributed by atoms with Crippen molar-refractivity contribution < 1.29 is 9.53 Å². The standard InChI is InChI=1S/C10H15NO2/c1-4-8(2)13-10(12)9-6-5-7-11(9)3/h5-8H,4H2,1-3H3/t8-/m0/s1. The van der Waals surface area contributed by atoms with Gasteiger partial charge in [-0.3, -0.25) is 0 Å². The van der Waals surface area contributed by atoms with Gasteiger partial charge >= 0.3 is 5.97 Å². The Labute approximate surface area is 78.3 Å². The molecule has 0 N–H and O–H groups in total. The quantitative estimate of drug-likeness (QED) is 0.668. The Morgan fingerprint density at radius 2 is 2.38 bits per heavy atom. The SMILES string of the molecule is CC[C@H](C)OC(=O)c1cccn1C. The second kappa shape index (κ2) is 4.12. The fourth-order valence-electron chi connectivity index (χ4n) is 1.000. The van der Waals surface area contributed by atoms with Crippen LogP contribution in [0.4, 0.5) is 0 Å². The molecular formula is C10H15NO2. The van der Waals surface area contributed by atoms with Crippen molar-refractivity contribution in [2.24, 2.45) is 7.05 Å². The first kappa shape index (κ1) is 9.84. The number of carbonyl (C=O) groups excluding carboxylic acids is 1. The molecule has 0 fully saturated rings. The third-order valence-electron chi connectivity index (χ3n) is 2.04. The summed E-state index contributed by atoms with van der Waals surface area (Å²) in [5.41, 5.74) is 0.598. The van der Waals surface area contributed by atoms with Crippen molar-refractivity contribution in [3.05, 3.63) is 24.0 Å². The van der Waals surface area contributed by atoms with Crippen LogP contribution in [0, 0.1) is 0 Å². The lowest BCUT2D eigenvalue weighted by Crippen LogP contribution is -2.16. The van der Waals surface area contributed by atoms with Gasteiger partial charge in [0.15, 0.2) is 0 Å². The van der Waals surface area contributed by atoms with E-state index in [1.54, 1.807) is 10.6 Å². The number of esters is 1. The van der Waals surface area contributed by atoms with Crippen LogP contribution in [0.3, 0.4) is 0 Å². The molecule has 13 heavy (non-hydrogen) atoms. The van der Waals surface area contributed by atoms with Gasteiger partial charge in [0.25, 0.3) is 0 Å². The molecule has 0 amide bonds. The summed E-state index contributed by atoms with van der Waals surface area (Å²) in [6, 6.07) is 3.58. The highest BCUT2D eigenvalue weighted by Crippen LogP contribution is 2.05. The predicted molar refractivity (Wildman–Crippen MR) is 50.6 cm³/mol. The number of hydrogen-bond donors (Lipinski definition) is 0. The highest BCUT2D eigenvalue weighted by molar-refractivity contribution is 5.87. The molecule has 1 aromatic heterocycles. The Balaban J connectivity index is 2.64. The van der Waals surface area contributed by atoms with Gasteiger partial charge in [-0.05, 0) is 25.5 Å². The molecular weight excluding hydrogens is 166 g/mol. The van der Waals surface area contributed by atoms with Crippen LogP contribution in [-0.4, -0.2) is 16.6 Å². The van der Waals surface area contributed by atoms with Gasteiger partial charge in [-0.15, -0.1) is 0 Å². The molecule has 0 aliphatic carbocycles. The van der Waals surface area contributed by atoms with Crippen molar-refractivity contribution in [3.8, 4) is 0 Å². The fraction of sp³-hybridized carbons (Fsp3) is 0.500. The zero-order valence-electron chi connectivity index (χ0n) is 8.28. The third kappa shape index (κ3) is 2.34. The minimum Gasteiger partial charge on any atom is -0.458 e. The number of aryl methyl sites for hydroxylation is 1. The number of carbonyl (C=O) groups is 1. The normalized spacial score (nSPS) is 12.5. The molecule has 1 atom stereocenters. The number of aromatic nitrogens is 1. The van der Waals surface area contributed by atoms with Crippen LogP contribution >= 0.6 is 0 Å². The minimum absolute atomic E-state index is 0.0117. The van der Waals surface area contributed by atoms with Gasteiger partial charge in [0.1, 0.15) is 5.69 Å². The lowest BCUT2D eigenvalue weighted by atomic mass is 10.3. The molecule has 0 spiro atoms. The Morgan fingerprint density at radius 3 is 2.85 bits per heavy atom. The predicted octanol–water partition coefficient (Wildman–Crippen LogP) is 1.98. The van der Waals surface area contributed by atoms with Gasteiger partial charge in [0, 0.05) is 13.2 Å². The first-order valence-electron chi connectivity index (χ1n) is 4.47. The second-order valence-corrected chi connectivity index (χ2v) is 3.13. The van der Waals surface area contributed by atoms with E-state index in [0.717, 1.165) is 6.42 Å². The van der Waals surface area contributed by atoms with Crippen LogP contribution in [0.15, 0.2) is 18.3 Å². The van der Waals surface area contributed by atoms with Gasteiger partial charge in [0.05, 0.1) is 6.10 Å². The van der Waals surface area contributed by atoms with Crippen LogP contribution in [0.2, 0.25) is 0 Å². The summed E-state index contributed by atoms with van der Waals surface area (Å²) in [7, 11) is 1.83. The summed E-state index contributed by atoms with van der Waals surface area (Å²) >= 11 is 0. The highest BCUT2D eigenvalue weighted by atomic mass is 16.5. The van der Waals surface area contributed by atoms with Gasteiger partial charge in [-0.2, -0.15) is 0 Å². The first-order valence-corrected chi connectivity index (χ1v) is 4.47. The first-order chi connectivity index (χ1) is 6.15. The van der Waals surface area contributed by atoms with E-state index in [1.165, 1.54) is 0 Å². The van der Waals surface area contributed by atoms with E-state index in [1.807, 2.05) is 33.2 Å². The van der Waals surface area contributed by atoms with Gasteiger partial charge < -0.3 is 9.30 Å². The molecule has 1 heterocycles. The monoisotopic (exact) mass is 181 g/mol. The summed E-state index contributed by atoms with van der Waals surface area (Å²) in [6.45, 7) is 3.88. The molecule has 0 saturated carbocycles. The van der Waals surface area contributed by atoms with Crippen molar-refractivity contribution in [3.63, 3.8) is 0 Å². The average Bonchev–Trinajstić information content (AvgIpc) is 2.51. The van der Waals surface area contributed by atoms with Crippen molar-refractivity contribution in [2.75, 3.05) is 0 Å². The topological polar surface area (TPSA) is 31.2 Å². The van der Waals surface area contributed by atoms with Gasteiger partial charge in [0.2, 0.25) is 0 Å². The maximum absolute atomic E-state index is 11.5. The van der Waals surface area contributed by atoms with Crippen molar-refractivity contribution in [1.82, 2.24) is 4.57 Å². The van der Waals surface area contributed by atoms with Crippen molar-refractivity contribution in [2.45, 2.75) is 26.4 Å². The molecule has 1 rings (SSSR count). The number of hydrogen-bond acceptors (Lipinski definition) is 2. The molecule has 0 saturated heterocycles. The summed E-state index contributed by atoms with van der Waals surface area (Å²) in [5, 5.41) is 0. The second-order valence-electron chi connectivity index (χ2n) is 3.13. The lowest BCUT2D eigenvalue weighted by molar-refractivity contribution is 0.0323. The zero-order valence-corrected chi connectivity index (χ0v) is 8.28. The lowest BCUT2D eigenvalue weighted by Gasteiger charge is -2.10. The van der Waals surface area contributed by atoms with Crippen LogP contribution in [0.25, 0.3) is 0 Å². The van der Waals surface area contributed by atoms with E-state index >= 15 is 0 Å². The number of rotatable bonds is 3. The van der Waals surface area contributed by atoms with E-state index in [0.29, 0.717) is 5.69 Å². The van der Waals surface area contributed by atoms with Crippen molar-refractivity contribution >= 4 is 5.97 Å². The van der Waals surface area contributed by atoms with E-state index < -0.39 is 0 Å². The molecule has 0 unspecified atom stereocenters. The fourth-order valence-corrected chi connectivity index (χ4v) is 1.000. The number of ether oxygens (including phenoxy) is 1. The summed E-state index contributed by atoms with van der Waals surface area (Å²) in [6.07, 6.45) is 2.66. The largest absolute Gasteiger partial charge is 0.458 e. The molecule has 0 aromatic carbocycles. The maximum Gasteiger partial charge on any atom is 0.355 e. The minimum atomic E-state index is -0.248. The molecule has 3 heteroatoms. The summed E-state index contributed by atoms with van der Waals surface area (Å²) < 4.78 is 6.92. The van der Waals surface area contributed by atoms with E-state index in [9.17, 15) is 4.79 Å². The van der Waals surface area contributed by atoms with Crippen LogP contribution in [0.1, 0.15) is 30.8 Å². The van der Waals surface area contributed by atoms with E-state index in [2.05, 4.69) is 0 Å². The molecule has 0 aliphatic rings. The average molecular weight is 181 g/mol. The molecule has 0 radical (unpaired) electrons. The third-order valence-corrected chi connectivity index (χ3v) is 2.04. The summed E-state index contributed by atoms with van der Waals surface area (Å²) in [4.78, 5) is 11.5. The number of nitrogens with zero attached hydrogens (tertiary/aromatic N) is 1. The van der Waals surface area contributed by atoms with E-state index in [4.69, 9.17) is 4.74 Å². The van der Waals surface area contributed by atoms with Crippen LogP contribution in [0.5, 0.6) is 0 Å². The van der Waals surface area contributed by atoms with Crippen LogP contribution < -0.4 is 0 Å². The Kier molecular flexibility index (Phi) is 3.12. The smallest absolute Gasteiger partial charge is 0.355 e. The molecule has 3 nitrogen and oxygen atoms in total.